The molecule has 0 heterocycles. The van der Waals surface area contributed by atoms with Gasteiger partial charge in [-0.15, -0.1) is 0 Å². The van der Waals surface area contributed by atoms with Gasteiger partial charge in [0.2, 0.25) is 0 Å². The van der Waals surface area contributed by atoms with Gasteiger partial charge < -0.3 is 10.4 Å². The van der Waals surface area contributed by atoms with E-state index >= 15 is 0 Å². The maximum absolute atomic E-state index is 12.5. The van der Waals surface area contributed by atoms with Crippen LogP contribution in [0, 0.1) is 0 Å². The second-order valence-corrected chi connectivity index (χ2v) is 4.10. The molecule has 2 rings (SSSR count). The minimum atomic E-state index is -0.642. The van der Waals surface area contributed by atoms with Crippen LogP contribution in [0.15, 0.2) is 30.3 Å². The van der Waals surface area contributed by atoms with Crippen LogP contribution < -0.4 is 5.32 Å². The van der Waals surface area contributed by atoms with Crippen LogP contribution in [-0.2, 0) is 0 Å². The van der Waals surface area contributed by atoms with E-state index in [2.05, 4.69) is 5.32 Å². The highest BCUT2D eigenvalue weighted by molar-refractivity contribution is 5.17. The first-order valence-electron chi connectivity index (χ1n) is 5.36. The summed E-state index contributed by atoms with van der Waals surface area (Å²) in [6.45, 7) is 0.501. The van der Waals surface area contributed by atoms with Crippen molar-refractivity contribution >= 4 is 0 Å². The second kappa shape index (κ2) is 4.73. The van der Waals surface area contributed by atoms with Crippen LogP contribution in [0.3, 0.4) is 0 Å². The van der Waals surface area contributed by atoms with Crippen LogP contribution in [-0.4, -0.2) is 23.9 Å². The third kappa shape index (κ3) is 2.76. The lowest BCUT2D eigenvalue weighted by molar-refractivity contribution is 0.124. The average Bonchev–Trinajstić information content (AvgIpc) is 2.23. The Hall–Kier alpha value is -0.930. The second-order valence-electron chi connectivity index (χ2n) is 4.10. The van der Waals surface area contributed by atoms with Gasteiger partial charge in [0, 0.05) is 12.6 Å². The molecule has 1 aliphatic carbocycles. The fourth-order valence-corrected chi connectivity index (χ4v) is 1.79. The van der Waals surface area contributed by atoms with Crippen molar-refractivity contribution in [2.75, 3.05) is 6.54 Å². The predicted octanol–water partition coefficient (Wildman–Crippen LogP) is 1.81. The lowest BCUT2D eigenvalue weighted by Gasteiger charge is -2.31. The molecule has 3 heteroatoms. The molecule has 2 N–H and O–H groups in total. The summed E-state index contributed by atoms with van der Waals surface area (Å²) < 4.78 is 12.5. The van der Waals surface area contributed by atoms with E-state index in [4.69, 9.17) is 0 Å². The first-order valence-corrected chi connectivity index (χ1v) is 5.36. The van der Waals surface area contributed by atoms with E-state index in [0.29, 0.717) is 19.4 Å². The van der Waals surface area contributed by atoms with Crippen LogP contribution in [0.5, 0.6) is 0 Å². The smallest absolute Gasteiger partial charge is 0.103 e. The van der Waals surface area contributed by atoms with Crippen molar-refractivity contribution in [1.82, 2.24) is 5.32 Å². The lowest BCUT2D eigenvalue weighted by Crippen LogP contribution is -2.43. The highest BCUT2D eigenvalue weighted by Gasteiger charge is 2.28. The number of aliphatic hydroxyl groups excluding tert-OH is 1. The molecule has 2 nitrogen and oxygen atoms in total. The molecule has 1 fully saturated rings. The molecule has 1 atom stereocenters. The molecular weight excluding hydrogens is 193 g/mol. The fraction of sp³-hybridized carbons (Fsp3) is 0.500. The maximum Gasteiger partial charge on any atom is 0.103 e. The highest BCUT2D eigenvalue weighted by atomic mass is 19.1. The Labute approximate surface area is 89.1 Å². The fourth-order valence-electron chi connectivity index (χ4n) is 1.79. The Morgan fingerprint density at radius 2 is 2.00 bits per heavy atom. The molecule has 0 saturated heterocycles. The molecule has 0 aromatic heterocycles. The number of benzene rings is 1. The van der Waals surface area contributed by atoms with Crippen molar-refractivity contribution in [1.29, 1.82) is 0 Å². The van der Waals surface area contributed by atoms with Gasteiger partial charge >= 0.3 is 0 Å². The molecule has 0 amide bonds. The molecule has 0 spiro atoms. The third-order valence-corrected chi connectivity index (χ3v) is 2.86. The van der Waals surface area contributed by atoms with E-state index in [0.717, 1.165) is 5.56 Å². The molecule has 1 aromatic carbocycles. The molecule has 1 unspecified atom stereocenters. The number of hydrogen-bond donors (Lipinski definition) is 2. The third-order valence-electron chi connectivity index (χ3n) is 2.86. The summed E-state index contributed by atoms with van der Waals surface area (Å²) in [4.78, 5) is 0. The van der Waals surface area contributed by atoms with Crippen LogP contribution in [0.4, 0.5) is 4.39 Å². The Kier molecular flexibility index (Phi) is 3.34. The summed E-state index contributed by atoms with van der Waals surface area (Å²) in [6, 6.07) is 9.76. The number of nitrogens with one attached hydrogen (secondary N) is 1. The number of halogens is 1. The minimum absolute atomic E-state index is 0.248. The average molecular weight is 209 g/mol. The summed E-state index contributed by atoms with van der Waals surface area (Å²) >= 11 is 0. The van der Waals surface area contributed by atoms with Gasteiger partial charge in [-0.3, -0.25) is 0 Å². The Balaban J connectivity index is 1.75. The quantitative estimate of drug-likeness (QED) is 0.792. The monoisotopic (exact) mass is 209 g/mol. The van der Waals surface area contributed by atoms with Gasteiger partial charge in [0.1, 0.15) is 6.17 Å². The van der Waals surface area contributed by atoms with Crippen LogP contribution in [0.1, 0.15) is 24.5 Å². The van der Waals surface area contributed by atoms with Gasteiger partial charge in [-0.05, 0) is 18.4 Å². The highest BCUT2D eigenvalue weighted by Crippen LogP contribution is 2.23. The van der Waals surface area contributed by atoms with Crippen LogP contribution >= 0.6 is 0 Å². The molecule has 82 valence electrons. The zero-order valence-electron chi connectivity index (χ0n) is 8.57. The van der Waals surface area contributed by atoms with E-state index in [1.165, 1.54) is 0 Å². The van der Waals surface area contributed by atoms with Crippen molar-refractivity contribution < 1.29 is 9.50 Å². The van der Waals surface area contributed by atoms with E-state index in [-0.39, 0.29) is 6.04 Å². The summed E-state index contributed by atoms with van der Waals surface area (Å²) in [5.41, 5.74) is 0.904. The standard InChI is InChI=1S/C12H16FNO/c13-10-6-11(7-10)14-8-12(15)9-4-2-1-3-5-9/h1-5,10-12,14-15H,6-8H2. The topological polar surface area (TPSA) is 32.3 Å². The number of hydrogen-bond acceptors (Lipinski definition) is 2. The van der Waals surface area contributed by atoms with Gasteiger partial charge in [-0.25, -0.2) is 4.39 Å². The van der Waals surface area contributed by atoms with Crippen LogP contribution in [0.2, 0.25) is 0 Å². The van der Waals surface area contributed by atoms with Crippen molar-refractivity contribution in [2.24, 2.45) is 0 Å². The number of rotatable bonds is 4. The molecule has 0 bridgehead atoms. The van der Waals surface area contributed by atoms with E-state index in [1.54, 1.807) is 0 Å². The van der Waals surface area contributed by atoms with E-state index < -0.39 is 12.3 Å². The first kappa shape index (κ1) is 10.6. The maximum atomic E-state index is 12.5. The SMILES string of the molecule is OC(CNC1CC(F)C1)c1ccccc1. The van der Waals surface area contributed by atoms with Gasteiger partial charge in [-0.2, -0.15) is 0 Å². The zero-order chi connectivity index (χ0) is 10.7. The van der Waals surface area contributed by atoms with Crippen molar-refractivity contribution in [3.05, 3.63) is 35.9 Å². The van der Waals surface area contributed by atoms with E-state index in [1.807, 2.05) is 30.3 Å². The Morgan fingerprint density at radius 3 is 2.60 bits per heavy atom. The molecule has 1 aromatic rings. The summed E-state index contributed by atoms with van der Waals surface area (Å²) in [5.74, 6) is 0. The molecule has 15 heavy (non-hydrogen) atoms. The number of alkyl halides is 1. The van der Waals surface area contributed by atoms with Gasteiger partial charge in [0.25, 0.3) is 0 Å². The van der Waals surface area contributed by atoms with Crippen LogP contribution in [0.25, 0.3) is 0 Å². The summed E-state index contributed by atoms with van der Waals surface area (Å²) in [6.07, 6.45) is 0.0319. The lowest BCUT2D eigenvalue weighted by atomic mass is 9.90. The van der Waals surface area contributed by atoms with Crippen molar-refractivity contribution in [3.63, 3.8) is 0 Å². The largest absolute Gasteiger partial charge is 0.387 e. The summed E-state index contributed by atoms with van der Waals surface area (Å²) in [7, 11) is 0. The zero-order valence-corrected chi connectivity index (χ0v) is 8.57. The van der Waals surface area contributed by atoms with Gasteiger partial charge in [0.15, 0.2) is 0 Å². The van der Waals surface area contributed by atoms with E-state index in [9.17, 15) is 9.50 Å². The van der Waals surface area contributed by atoms with Crippen molar-refractivity contribution in [3.8, 4) is 0 Å². The summed E-state index contributed by atoms with van der Waals surface area (Å²) in [5, 5.41) is 13.0. The predicted molar refractivity (Wildman–Crippen MR) is 57.3 cm³/mol. The minimum Gasteiger partial charge on any atom is -0.387 e. The molecule has 0 aliphatic heterocycles. The molecule has 1 saturated carbocycles. The normalized spacial score (nSPS) is 27.1. The number of aliphatic hydroxyl groups is 1. The molecule has 1 aliphatic rings. The van der Waals surface area contributed by atoms with Gasteiger partial charge in [0.05, 0.1) is 6.10 Å². The Bertz CT molecular complexity index is 298. The van der Waals surface area contributed by atoms with Crippen molar-refractivity contribution in [2.45, 2.75) is 31.2 Å². The van der Waals surface area contributed by atoms with Gasteiger partial charge in [-0.1, -0.05) is 30.3 Å². The first-order chi connectivity index (χ1) is 7.25. The molecule has 0 radical (unpaired) electrons. The molecular formula is C12H16FNO. The Morgan fingerprint density at radius 1 is 1.33 bits per heavy atom.